The van der Waals surface area contributed by atoms with Crippen LogP contribution in [0.15, 0.2) is 218 Å². The van der Waals surface area contributed by atoms with Crippen molar-refractivity contribution in [1.29, 1.82) is 0 Å². The van der Waals surface area contributed by atoms with Crippen LogP contribution in [0.4, 0.5) is 0 Å². The van der Waals surface area contributed by atoms with Gasteiger partial charge in [-0.15, -0.1) is 11.3 Å². The van der Waals surface area contributed by atoms with Crippen LogP contribution in [0, 0.1) is 0 Å². The van der Waals surface area contributed by atoms with Gasteiger partial charge in [0.05, 0.1) is 10.2 Å². The predicted octanol–water partition coefficient (Wildman–Crippen LogP) is 15.6. The molecule has 0 radical (unpaired) electrons. The number of hydrogen-bond acceptors (Lipinski definition) is 5. The summed E-state index contributed by atoms with van der Waals surface area (Å²) in [6.45, 7) is 0. The molecule has 0 saturated carbocycles. The SMILES string of the molecule is c1ccc(-c2nc(-c3ccccc3)nc(-c3ccc(-c4ccc5ccccc5c4-c4cc5nc(-c6ccc(-c7cccc8ccccc78)cc6)sc5c5ccccc45)cc3)n2)cc1. The first kappa shape index (κ1) is 36.7. The largest absolute Gasteiger partial charge is 0.236 e. The van der Waals surface area contributed by atoms with Gasteiger partial charge < -0.3 is 0 Å². The molecule has 0 aliphatic heterocycles. The molecule has 2 aromatic heterocycles. The van der Waals surface area contributed by atoms with E-state index < -0.39 is 0 Å². The Balaban J connectivity index is 0.970. The highest BCUT2D eigenvalue weighted by Gasteiger charge is 2.20. The number of fused-ring (bicyclic) bond motifs is 5. The molecule has 0 bridgehead atoms. The van der Waals surface area contributed by atoms with Crippen molar-refractivity contribution in [1.82, 2.24) is 19.9 Å². The topological polar surface area (TPSA) is 51.6 Å². The Morgan fingerprint density at radius 2 is 0.762 bits per heavy atom. The molecule has 63 heavy (non-hydrogen) atoms. The molecule has 12 aromatic rings. The summed E-state index contributed by atoms with van der Waals surface area (Å²) >= 11 is 1.76. The van der Waals surface area contributed by atoms with E-state index in [1.54, 1.807) is 11.3 Å². The molecule has 294 valence electrons. The molecule has 0 atom stereocenters. The van der Waals surface area contributed by atoms with Gasteiger partial charge in [0.15, 0.2) is 17.5 Å². The summed E-state index contributed by atoms with van der Waals surface area (Å²) in [6.07, 6.45) is 0. The first-order valence-corrected chi connectivity index (χ1v) is 21.9. The first-order valence-electron chi connectivity index (χ1n) is 21.1. The second-order valence-corrected chi connectivity index (χ2v) is 16.8. The van der Waals surface area contributed by atoms with E-state index in [0.717, 1.165) is 49.5 Å². The zero-order valence-corrected chi connectivity index (χ0v) is 34.8. The van der Waals surface area contributed by atoms with E-state index in [-0.39, 0.29) is 0 Å². The average Bonchev–Trinajstić information content (AvgIpc) is 3.81. The van der Waals surface area contributed by atoms with Gasteiger partial charge in [0.1, 0.15) is 5.01 Å². The van der Waals surface area contributed by atoms with E-state index in [2.05, 4.69) is 158 Å². The zero-order valence-electron chi connectivity index (χ0n) is 34.0. The van der Waals surface area contributed by atoms with Gasteiger partial charge in [-0.25, -0.2) is 19.9 Å². The summed E-state index contributed by atoms with van der Waals surface area (Å²) in [5.41, 5.74) is 12.0. The Kier molecular flexibility index (Phi) is 8.98. The fourth-order valence-corrected chi connectivity index (χ4v) is 9.98. The summed E-state index contributed by atoms with van der Waals surface area (Å²) in [5.74, 6) is 1.92. The van der Waals surface area contributed by atoms with E-state index in [0.29, 0.717) is 17.5 Å². The third-order valence-corrected chi connectivity index (χ3v) is 13.1. The van der Waals surface area contributed by atoms with Gasteiger partial charge in [-0.3, -0.25) is 0 Å². The summed E-state index contributed by atoms with van der Waals surface area (Å²) in [6, 6.07) is 77.1. The van der Waals surface area contributed by atoms with Crippen molar-refractivity contribution in [2.75, 3.05) is 0 Å². The molecular formula is C58H36N4S. The quantitative estimate of drug-likeness (QED) is 0.161. The number of nitrogens with zero attached hydrogens (tertiary/aromatic N) is 4. The molecule has 0 N–H and O–H groups in total. The Morgan fingerprint density at radius 1 is 0.286 bits per heavy atom. The second-order valence-electron chi connectivity index (χ2n) is 15.8. The van der Waals surface area contributed by atoms with Crippen molar-refractivity contribution >= 4 is 53.9 Å². The van der Waals surface area contributed by atoms with Crippen LogP contribution in [0.1, 0.15) is 0 Å². The van der Waals surface area contributed by atoms with Gasteiger partial charge >= 0.3 is 0 Å². The van der Waals surface area contributed by atoms with Crippen molar-refractivity contribution in [2.45, 2.75) is 0 Å². The minimum absolute atomic E-state index is 0.631. The van der Waals surface area contributed by atoms with E-state index in [1.807, 2.05) is 60.7 Å². The van der Waals surface area contributed by atoms with Gasteiger partial charge in [-0.05, 0) is 66.4 Å². The molecule has 0 aliphatic rings. The lowest BCUT2D eigenvalue weighted by Crippen LogP contribution is -2.00. The molecule has 0 saturated heterocycles. The number of aromatic nitrogens is 4. The molecule has 4 nitrogen and oxygen atoms in total. The molecule has 0 fully saturated rings. The molecule has 0 unspecified atom stereocenters. The Bertz CT molecular complexity index is 3590. The lowest BCUT2D eigenvalue weighted by atomic mass is 9.87. The third-order valence-electron chi connectivity index (χ3n) is 12.0. The van der Waals surface area contributed by atoms with E-state index >= 15 is 0 Å². The zero-order chi connectivity index (χ0) is 41.7. The van der Waals surface area contributed by atoms with E-state index in [1.165, 1.54) is 53.7 Å². The number of hydrogen-bond donors (Lipinski definition) is 0. The van der Waals surface area contributed by atoms with Gasteiger partial charge in [0.2, 0.25) is 0 Å². The Morgan fingerprint density at radius 3 is 1.41 bits per heavy atom. The molecule has 0 amide bonds. The fraction of sp³-hybridized carbons (Fsp3) is 0. The van der Waals surface area contributed by atoms with Crippen LogP contribution in [0.25, 0.3) is 121 Å². The number of thiazole rings is 1. The van der Waals surface area contributed by atoms with Gasteiger partial charge in [-0.2, -0.15) is 0 Å². The maximum Gasteiger partial charge on any atom is 0.164 e. The van der Waals surface area contributed by atoms with Crippen LogP contribution in [0.2, 0.25) is 0 Å². The average molecular weight is 821 g/mol. The van der Waals surface area contributed by atoms with Crippen molar-refractivity contribution in [3.63, 3.8) is 0 Å². The van der Waals surface area contributed by atoms with Crippen molar-refractivity contribution < 1.29 is 0 Å². The molecule has 0 spiro atoms. The summed E-state index contributed by atoms with van der Waals surface area (Å²) in [4.78, 5) is 20.2. The Labute approximate surface area is 368 Å². The second kappa shape index (κ2) is 15.4. The Hall–Kier alpha value is -8.12. The first-order chi connectivity index (χ1) is 31.2. The summed E-state index contributed by atoms with van der Waals surface area (Å²) in [7, 11) is 0. The molecule has 2 heterocycles. The lowest BCUT2D eigenvalue weighted by Gasteiger charge is -2.17. The van der Waals surface area contributed by atoms with Crippen molar-refractivity contribution in [3.05, 3.63) is 218 Å². The lowest BCUT2D eigenvalue weighted by molar-refractivity contribution is 1.07. The minimum atomic E-state index is 0.631. The molecule has 0 aliphatic carbocycles. The number of rotatable bonds is 7. The van der Waals surface area contributed by atoms with Gasteiger partial charge in [0.25, 0.3) is 0 Å². The van der Waals surface area contributed by atoms with Gasteiger partial charge in [-0.1, -0.05) is 212 Å². The maximum absolute atomic E-state index is 5.36. The highest BCUT2D eigenvalue weighted by molar-refractivity contribution is 7.22. The fourth-order valence-electron chi connectivity index (χ4n) is 8.89. The highest BCUT2D eigenvalue weighted by atomic mass is 32.1. The van der Waals surface area contributed by atoms with Gasteiger partial charge in [0, 0.05) is 27.6 Å². The van der Waals surface area contributed by atoms with Crippen LogP contribution in [-0.2, 0) is 0 Å². The molecular weight excluding hydrogens is 785 g/mol. The smallest absolute Gasteiger partial charge is 0.164 e. The molecule has 12 rings (SSSR count). The summed E-state index contributed by atoms with van der Waals surface area (Å²) in [5, 5.41) is 8.30. The van der Waals surface area contributed by atoms with Crippen LogP contribution in [-0.4, -0.2) is 19.9 Å². The maximum atomic E-state index is 5.36. The third kappa shape index (κ3) is 6.63. The van der Waals surface area contributed by atoms with E-state index in [4.69, 9.17) is 19.9 Å². The molecule has 5 heteroatoms. The number of benzene rings is 10. The van der Waals surface area contributed by atoms with Crippen LogP contribution in [0.5, 0.6) is 0 Å². The predicted molar refractivity (Wildman–Crippen MR) is 264 cm³/mol. The van der Waals surface area contributed by atoms with Crippen LogP contribution in [0.3, 0.4) is 0 Å². The van der Waals surface area contributed by atoms with Crippen LogP contribution >= 0.6 is 11.3 Å². The monoisotopic (exact) mass is 820 g/mol. The van der Waals surface area contributed by atoms with Crippen molar-refractivity contribution in [3.8, 4) is 78.1 Å². The van der Waals surface area contributed by atoms with E-state index in [9.17, 15) is 0 Å². The highest BCUT2D eigenvalue weighted by Crippen LogP contribution is 2.46. The van der Waals surface area contributed by atoms with Crippen LogP contribution < -0.4 is 0 Å². The summed E-state index contributed by atoms with van der Waals surface area (Å²) < 4.78 is 1.19. The minimum Gasteiger partial charge on any atom is -0.236 e. The molecule has 10 aromatic carbocycles. The normalized spacial score (nSPS) is 11.5. The standard InChI is InChI=1S/C58H36N4S/c1-3-16-41(17-4-1)55-60-56(42-18-5-2-6-19-42)62-57(61-55)43-30-26-40(27-31-43)48-35-34-38-15-8-10-22-47(38)53(48)51-36-52-54(50-24-12-11-23-49(50)51)63-58(59-52)44-32-28-39(29-33-44)46-25-13-20-37-14-7-9-21-45(37)46/h1-36H. The van der Waals surface area contributed by atoms with Crippen molar-refractivity contribution in [2.24, 2.45) is 0 Å².